The van der Waals surface area contributed by atoms with Crippen LogP contribution in [0.2, 0.25) is 5.02 Å². The number of hydrogen-bond acceptors (Lipinski definition) is 4. The maximum atomic E-state index is 12.9. The number of carbonyl (C=O) groups excluding carboxylic acids is 1. The molecule has 1 atom stereocenters. The summed E-state index contributed by atoms with van der Waals surface area (Å²) in [6.07, 6.45) is 1.30. The number of ether oxygens (including phenoxy) is 1. The number of nitrogens with zero attached hydrogens (tertiary/aromatic N) is 1. The molecule has 150 valence electrons. The summed E-state index contributed by atoms with van der Waals surface area (Å²) in [7, 11) is -2.06. The molecule has 1 amide bonds. The lowest BCUT2D eigenvalue weighted by atomic mass is 9.98. The van der Waals surface area contributed by atoms with Gasteiger partial charge in [0.05, 0.1) is 17.9 Å². The van der Waals surface area contributed by atoms with E-state index in [1.807, 2.05) is 24.3 Å². The summed E-state index contributed by atoms with van der Waals surface area (Å²) in [5.74, 6) is 0.172. The third-order valence-corrected chi connectivity index (χ3v) is 6.98. The van der Waals surface area contributed by atoms with Gasteiger partial charge < -0.3 is 10.1 Å². The van der Waals surface area contributed by atoms with Crippen LogP contribution in [0.15, 0.2) is 53.4 Å². The fourth-order valence-corrected chi connectivity index (χ4v) is 4.96. The van der Waals surface area contributed by atoms with Crippen molar-refractivity contribution in [1.29, 1.82) is 0 Å². The monoisotopic (exact) mass is 422 g/mol. The van der Waals surface area contributed by atoms with E-state index in [-0.39, 0.29) is 23.3 Å². The molecule has 0 radical (unpaired) electrons. The highest BCUT2D eigenvalue weighted by molar-refractivity contribution is 7.89. The first-order valence-electron chi connectivity index (χ1n) is 9.07. The minimum absolute atomic E-state index is 0.151. The number of piperidine rings is 1. The van der Waals surface area contributed by atoms with Crippen LogP contribution in [0.5, 0.6) is 5.75 Å². The number of hydrogen-bond donors (Lipinski definition) is 1. The largest absolute Gasteiger partial charge is 0.496 e. The van der Waals surface area contributed by atoms with Gasteiger partial charge in [-0.05, 0) is 43.2 Å². The van der Waals surface area contributed by atoms with Gasteiger partial charge in [-0.15, -0.1) is 0 Å². The number of carbonyl (C=O) groups is 1. The molecule has 1 fully saturated rings. The zero-order valence-electron chi connectivity index (χ0n) is 15.6. The highest BCUT2D eigenvalue weighted by Gasteiger charge is 2.33. The third-order valence-electron chi connectivity index (χ3n) is 4.85. The van der Waals surface area contributed by atoms with Gasteiger partial charge in [-0.25, -0.2) is 8.42 Å². The molecular weight excluding hydrogens is 400 g/mol. The molecule has 0 aromatic heterocycles. The molecule has 1 N–H and O–H groups in total. The highest BCUT2D eigenvalue weighted by Crippen LogP contribution is 2.25. The fourth-order valence-electron chi connectivity index (χ4n) is 3.31. The summed E-state index contributed by atoms with van der Waals surface area (Å²) in [5.41, 5.74) is 0.875. The van der Waals surface area contributed by atoms with E-state index < -0.39 is 10.0 Å². The molecule has 1 aliphatic rings. The van der Waals surface area contributed by atoms with Crippen LogP contribution in [0.3, 0.4) is 0 Å². The van der Waals surface area contributed by atoms with E-state index in [2.05, 4.69) is 5.32 Å². The van der Waals surface area contributed by atoms with Gasteiger partial charge in [0.1, 0.15) is 5.75 Å². The molecule has 28 heavy (non-hydrogen) atoms. The molecule has 1 aliphatic heterocycles. The fraction of sp³-hybridized carbons (Fsp3) is 0.350. The van der Waals surface area contributed by atoms with Gasteiger partial charge in [-0.3, -0.25) is 4.79 Å². The van der Waals surface area contributed by atoms with Crippen LogP contribution < -0.4 is 10.1 Å². The minimum atomic E-state index is -3.65. The van der Waals surface area contributed by atoms with E-state index >= 15 is 0 Å². The van der Waals surface area contributed by atoms with E-state index in [0.717, 1.165) is 5.56 Å². The second-order valence-electron chi connectivity index (χ2n) is 6.69. The number of halogens is 1. The SMILES string of the molecule is COc1ccccc1CNC(=O)C1CCCN(S(=O)(=O)c2ccc(Cl)cc2)C1. The van der Waals surface area contributed by atoms with Crippen LogP contribution in [0.25, 0.3) is 0 Å². The summed E-state index contributed by atoms with van der Waals surface area (Å²) in [6, 6.07) is 13.5. The number of nitrogens with one attached hydrogen (secondary N) is 1. The van der Waals surface area contributed by atoms with Gasteiger partial charge in [-0.2, -0.15) is 4.31 Å². The van der Waals surface area contributed by atoms with E-state index in [1.165, 1.54) is 16.4 Å². The number of para-hydroxylation sites is 1. The van der Waals surface area contributed by atoms with Crippen molar-refractivity contribution in [1.82, 2.24) is 9.62 Å². The highest BCUT2D eigenvalue weighted by atomic mass is 35.5. The van der Waals surface area contributed by atoms with Crippen molar-refractivity contribution >= 4 is 27.5 Å². The third kappa shape index (κ3) is 4.66. The summed E-state index contributed by atoms with van der Waals surface area (Å²) in [4.78, 5) is 12.8. The summed E-state index contributed by atoms with van der Waals surface area (Å²) < 4.78 is 32.4. The van der Waals surface area contributed by atoms with E-state index in [4.69, 9.17) is 16.3 Å². The van der Waals surface area contributed by atoms with Gasteiger partial charge in [0.25, 0.3) is 0 Å². The van der Waals surface area contributed by atoms with E-state index in [9.17, 15) is 13.2 Å². The molecule has 1 heterocycles. The van der Waals surface area contributed by atoms with Crippen molar-refractivity contribution in [2.75, 3.05) is 20.2 Å². The molecule has 0 saturated carbocycles. The van der Waals surface area contributed by atoms with Crippen molar-refractivity contribution in [2.45, 2.75) is 24.3 Å². The Morgan fingerprint density at radius 2 is 1.93 bits per heavy atom. The summed E-state index contributed by atoms with van der Waals surface area (Å²) in [5, 5.41) is 3.38. The Bertz CT molecular complexity index is 931. The first-order valence-corrected chi connectivity index (χ1v) is 10.9. The van der Waals surface area contributed by atoms with E-state index in [1.54, 1.807) is 19.2 Å². The lowest BCUT2D eigenvalue weighted by molar-refractivity contribution is -0.126. The van der Waals surface area contributed by atoms with Gasteiger partial charge >= 0.3 is 0 Å². The number of benzene rings is 2. The second kappa shape index (κ2) is 8.94. The Balaban J connectivity index is 1.65. The quantitative estimate of drug-likeness (QED) is 0.776. The zero-order chi connectivity index (χ0) is 20.1. The lowest BCUT2D eigenvalue weighted by Gasteiger charge is -2.31. The Kier molecular flexibility index (Phi) is 6.59. The Labute approximate surface area is 170 Å². The average Bonchev–Trinajstić information content (AvgIpc) is 2.72. The van der Waals surface area contributed by atoms with Crippen molar-refractivity contribution in [3.05, 3.63) is 59.1 Å². The number of rotatable bonds is 6. The Morgan fingerprint density at radius 1 is 1.21 bits per heavy atom. The van der Waals surface area contributed by atoms with Crippen LogP contribution in [0, 0.1) is 5.92 Å². The summed E-state index contributed by atoms with van der Waals surface area (Å²) in [6.45, 7) is 0.910. The van der Waals surface area contributed by atoms with Gasteiger partial charge in [-0.1, -0.05) is 29.8 Å². The molecule has 1 saturated heterocycles. The molecule has 0 bridgehead atoms. The molecule has 8 heteroatoms. The molecule has 6 nitrogen and oxygen atoms in total. The molecule has 3 rings (SSSR count). The van der Waals surface area contributed by atoms with Crippen LogP contribution >= 0.6 is 11.6 Å². The van der Waals surface area contributed by atoms with Gasteiger partial charge in [0, 0.05) is 30.2 Å². The van der Waals surface area contributed by atoms with Gasteiger partial charge in [0.2, 0.25) is 15.9 Å². The first-order chi connectivity index (χ1) is 13.4. The standard InChI is InChI=1S/C20H23ClN2O4S/c1-27-19-7-3-2-5-15(19)13-22-20(24)16-6-4-12-23(14-16)28(25,26)18-10-8-17(21)9-11-18/h2-3,5,7-11,16H,4,6,12-14H2,1H3,(H,22,24). The van der Waals surface area contributed by atoms with Crippen LogP contribution in [0.1, 0.15) is 18.4 Å². The Hall–Kier alpha value is -2.09. The molecular formula is C20H23ClN2O4S. The smallest absolute Gasteiger partial charge is 0.243 e. The number of sulfonamides is 1. The maximum absolute atomic E-state index is 12.9. The number of methoxy groups -OCH3 is 1. The first kappa shape index (κ1) is 20.6. The average molecular weight is 423 g/mol. The number of amides is 1. The van der Waals surface area contributed by atoms with Gasteiger partial charge in [0.15, 0.2) is 0 Å². The van der Waals surface area contributed by atoms with Crippen LogP contribution in [0.4, 0.5) is 0 Å². The van der Waals surface area contributed by atoms with Crippen molar-refractivity contribution in [3.8, 4) is 5.75 Å². The summed E-state index contributed by atoms with van der Waals surface area (Å²) >= 11 is 5.85. The zero-order valence-corrected chi connectivity index (χ0v) is 17.2. The predicted molar refractivity (Wildman–Crippen MR) is 108 cm³/mol. The molecule has 0 aliphatic carbocycles. The normalized spacial score (nSPS) is 17.9. The molecule has 2 aromatic rings. The predicted octanol–water partition coefficient (Wildman–Crippen LogP) is 3.07. The van der Waals surface area contributed by atoms with Crippen molar-refractivity contribution in [2.24, 2.45) is 5.92 Å². The molecule has 0 spiro atoms. The van der Waals surface area contributed by atoms with Crippen molar-refractivity contribution < 1.29 is 17.9 Å². The second-order valence-corrected chi connectivity index (χ2v) is 9.06. The van der Waals surface area contributed by atoms with E-state index in [0.29, 0.717) is 36.7 Å². The molecule has 1 unspecified atom stereocenters. The van der Waals surface area contributed by atoms with Crippen molar-refractivity contribution in [3.63, 3.8) is 0 Å². The van der Waals surface area contributed by atoms with Crippen LogP contribution in [-0.4, -0.2) is 38.8 Å². The molecule has 2 aromatic carbocycles. The van der Waals surface area contributed by atoms with Crippen LogP contribution in [-0.2, 0) is 21.4 Å². The topological polar surface area (TPSA) is 75.7 Å². The Morgan fingerprint density at radius 3 is 2.64 bits per heavy atom. The minimum Gasteiger partial charge on any atom is -0.496 e. The maximum Gasteiger partial charge on any atom is 0.243 e. The lowest BCUT2D eigenvalue weighted by Crippen LogP contribution is -2.45.